The number of aliphatic hydroxyl groups excluding tert-OH is 1. The molecule has 1 aliphatic rings. The van der Waals surface area contributed by atoms with Crippen LogP contribution in [-0.2, 0) is 9.53 Å². The molecule has 14 heteroatoms. The lowest BCUT2D eigenvalue weighted by atomic mass is 10.0. The Hall–Kier alpha value is -5.24. The zero-order valence-corrected chi connectivity index (χ0v) is 26.7. The summed E-state index contributed by atoms with van der Waals surface area (Å²) in [6.45, 7) is 7.67. The summed E-state index contributed by atoms with van der Waals surface area (Å²) in [6.07, 6.45) is 7.94. The number of piperidine rings is 1. The van der Waals surface area contributed by atoms with Crippen molar-refractivity contribution in [1.29, 1.82) is 0 Å². The van der Waals surface area contributed by atoms with Gasteiger partial charge in [0, 0.05) is 43.7 Å². The molecule has 1 fully saturated rings. The number of carboxylic acid groups (broad SMARTS) is 1. The molecule has 0 spiro atoms. The number of nitrogens with zero attached hydrogens (tertiary/aromatic N) is 7. The zero-order chi connectivity index (χ0) is 34.1. The first kappa shape index (κ1) is 34.6. The van der Waals surface area contributed by atoms with Crippen LogP contribution in [0.3, 0.4) is 0 Å². The monoisotopic (exact) mass is 647 g/mol. The molecule has 0 bridgehead atoms. The SMILES string of the molecule is Cc1ccnc(N(C(=O)c2ccc(-n3nnc4cccnc43)cc2F)[C@@H]2CCCN(C(=O)OC(C)(C)C)C2)c1/C=C/CCO.O=CO. The largest absolute Gasteiger partial charge is 0.483 e. The minimum atomic E-state index is -0.748. The second-order valence-corrected chi connectivity index (χ2v) is 11.8. The van der Waals surface area contributed by atoms with Crippen LogP contribution in [0.2, 0.25) is 0 Å². The van der Waals surface area contributed by atoms with Crippen LogP contribution in [0.1, 0.15) is 61.5 Å². The summed E-state index contributed by atoms with van der Waals surface area (Å²) in [5.41, 5.74) is 2.05. The fourth-order valence-electron chi connectivity index (χ4n) is 5.20. The number of amides is 2. The van der Waals surface area contributed by atoms with E-state index in [0.717, 1.165) is 5.56 Å². The van der Waals surface area contributed by atoms with Gasteiger partial charge in [-0.3, -0.25) is 14.5 Å². The van der Waals surface area contributed by atoms with Crippen molar-refractivity contribution in [2.45, 2.75) is 58.6 Å². The highest BCUT2D eigenvalue weighted by molar-refractivity contribution is 6.07. The predicted octanol–water partition coefficient (Wildman–Crippen LogP) is 4.80. The minimum Gasteiger partial charge on any atom is -0.483 e. The van der Waals surface area contributed by atoms with Crippen LogP contribution in [0.15, 0.2) is 54.9 Å². The summed E-state index contributed by atoms with van der Waals surface area (Å²) in [5.74, 6) is -1.00. The van der Waals surface area contributed by atoms with Crippen LogP contribution >= 0.6 is 0 Å². The Labute approximate surface area is 271 Å². The number of aliphatic hydroxyl groups is 1. The smallest absolute Gasteiger partial charge is 0.410 e. The van der Waals surface area contributed by atoms with Crippen molar-refractivity contribution in [2.75, 3.05) is 24.6 Å². The molecule has 248 valence electrons. The van der Waals surface area contributed by atoms with E-state index in [1.54, 1.807) is 62.3 Å². The first-order valence-corrected chi connectivity index (χ1v) is 15.1. The van der Waals surface area contributed by atoms with Gasteiger partial charge in [0.25, 0.3) is 12.4 Å². The molecule has 13 nitrogen and oxygen atoms in total. The molecular formula is C33H38FN7O6. The van der Waals surface area contributed by atoms with Gasteiger partial charge in [0.15, 0.2) is 5.65 Å². The average molecular weight is 648 g/mol. The molecule has 4 aromatic rings. The third kappa shape index (κ3) is 8.33. The van der Waals surface area contributed by atoms with Crippen molar-refractivity contribution in [1.82, 2.24) is 29.9 Å². The van der Waals surface area contributed by atoms with Crippen molar-refractivity contribution in [3.05, 3.63) is 77.4 Å². The highest BCUT2D eigenvalue weighted by Gasteiger charge is 2.36. The lowest BCUT2D eigenvalue weighted by molar-refractivity contribution is -0.122. The number of aryl methyl sites for hydroxylation is 1. The van der Waals surface area contributed by atoms with Gasteiger partial charge in [-0.25, -0.2) is 19.2 Å². The second kappa shape index (κ2) is 15.4. The van der Waals surface area contributed by atoms with Crippen LogP contribution in [0, 0.1) is 12.7 Å². The summed E-state index contributed by atoms with van der Waals surface area (Å²) in [6, 6.07) is 9.05. The lowest BCUT2D eigenvalue weighted by Gasteiger charge is -2.39. The second-order valence-electron chi connectivity index (χ2n) is 11.8. The third-order valence-corrected chi connectivity index (χ3v) is 7.26. The molecule has 5 rings (SSSR count). The first-order valence-electron chi connectivity index (χ1n) is 15.1. The van der Waals surface area contributed by atoms with Crippen LogP contribution in [0.4, 0.5) is 15.0 Å². The predicted molar refractivity (Wildman–Crippen MR) is 173 cm³/mol. The summed E-state index contributed by atoms with van der Waals surface area (Å²) in [7, 11) is 0. The van der Waals surface area contributed by atoms with E-state index >= 15 is 4.39 Å². The van der Waals surface area contributed by atoms with Gasteiger partial charge < -0.3 is 19.8 Å². The summed E-state index contributed by atoms with van der Waals surface area (Å²) < 4.78 is 22.9. The number of carbonyl (C=O) groups is 3. The standard InChI is InChI=1S/C32H36FN7O4.CH2O2/c1-21-14-16-35-28(24(21)10-5-6-18-41)39(23-9-8-17-38(20-23)31(43)44-32(2,3)4)30(42)25-13-12-22(19-26(25)33)40-29-27(36-37-40)11-7-15-34-29;2-1-3/h5,7,10-16,19,23,41H,6,8-9,17-18,20H2,1-4H3;1H,(H,2,3)/b10-5+;/t23-;/m1./s1. The van der Waals surface area contributed by atoms with E-state index in [1.807, 2.05) is 19.1 Å². The molecule has 47 heavy (non-hydrogen) atoms. The number of benzene rings is 1. The maximum Gasteiger partial charge on any atom is 0.410 e. The van der Waals surface area contributed by atoms with Gasteiger partial charge in [-0.1, -0.05) is 17.4 Å². The Morgan fingerprint density at radius 3 is 2.64 bits per heavy atom. The highest BCUT2D eigenvalue weighted by Crippen LogP contribution is 2.31. The van der Waals surface area contributed by atoms with Gasteiger partial charge in [-0.05, 0) is 82.9 Å². The molecule has 0 saturated carbocycles. The fourth-order valence-corrected chi connectivity index (χ4v) is 5.20. The Kier molecular flexibility index (Phi) is 11.3. The minimum absolute atomic E-state index is 0.0323. The number of carbonyl (C=O) groups excluding carboxylic acids is 2. The normalized spacial score (nSPS) is 14.9. The van der Waals surface area contributed by atoms with E-state index < -0.39 is 29.5 Å². The molecule has 1 aliphatic heterocycles. The number of likely N-dealkylation sites (tertiary alicyclic amines) is 1. The van der Waals surface area contributed by atoms with Crippen LogP contribution in [0.5, 0.6) is 0 Å². The molecule has 3 aromatic heterocycles. The van der Waals surface area contributed by atoms with Crippen molar-refractivity contribution in [3.8, 4) is 5.69 Å². The Morgan fingerprint density at radius 2 is 1.94 bits per heavy atom. The molecule has 4 heterocycles. The van der Waals surface area contributed by atoms with Gasteiger partial charge >= 0.3 is 6.09 Å². The highest BCUT2D eigenvalue weighted by atomic mass is 19.1. The van der Waals surface area contributed by atoms with E-state index in [4.69, 9.17) is 14.6 Å². The van der Waals surface area contributed by atoms with Crippen molar-refractivity contribution in [2.24, 2.45) is 0 Å². The van der Waals surface area contributed by atoms with E-state index in [9.17, 15) is 14.7 Å². The Balaban J connectivity index is 0.00000160. The van der Waals surface area contributed by atoms with Gasteiger partial charge in [0.2, 0.25) is 0 Å². The molecule has 0 unspecified atom stereocenters. The van der Waals surface area contributed by atoms with Crippen molar-refractivity contribution >= 4 is 41.5 Å². The van der Waals surface area contributed by atoms with Gasteiger partial charge in [0.05, 0.1) is 17.3 Å². The number of hydrogen-bond donors (Lipinski definition) is 2. The van der Waals surface area contributed by atoms with Gasteiger partial charge in [0.1, 0.15) is 22.8 Å². The molecule has 0 aliphatic carbocycles. The van der Waals surface area contributed by atoms with E-state index in [0.29, 0.717) is 54.0 Å². The first-order chi connectivity index (χ1) is 22.5. The van der Waals surface area contributed by atoms with E-state index in [-0.39, 0.29) is 25.2 Å². The average Bonchev–Trinajstić information content (AvgIpc) is 3.46. The van der Waals surface area contributed by atoms with Crippen LogP contribution in [0.25, 0.3) is 22.9 Å². The fraction of sp³-hybridized carbons (Fsp3) is 0.364. The number of halogens is 1. The molecule has 2 amide bonds. The summed E-state index contributed by atoms with van der Waals surface area (Å²) in [5, 5.41) is 24.4. The number of rotatable bonds is 7. The van der Waals surface area contributed by atoms with E-state index in [2.05, 4.69) is 20.3 Å². The number of anilines is 1. The maximum absolute atomic E-state index is 15.9. The van der Waals surface area contributed by atoms with Crippen LogP contribution in [-0.4, -0.2) is 89.9 Å². The number of ether oxygens (including phenoxy) is 1. The van der Waals surface area contributed by atoms with Crippen LogP contribution < -0.4 is 4.90 Å². The Morgan fingerprint density at radius 1 is 1.17 bits per heavy atom. The number of pyridine rings is 2. The quantitative estimate of drug-likeness (QED) is 0.266. The molecule has 1 aromatic carbocycles. The number of fused-ring (bicyclic) bond motifs is 1. The molecule has 1 atom stereocenters. The lowest BCUT2D eigenvalue weighted by Crippen LogP contribution is -2.53. The zero-order valence-electron chi connectivity index (χ0n) is 26.7. The summed E-state index contributed by atoms with van der Waals surface area (Å²) in [4.78, 5) is 47.7. The van der Waals surface area contributed by atoms with E-state index in [1.165, 1.54) is 21.7 Å². The number of hydrogen-bond acceptors (Lipinski definition) is 9. The topological polar surface area (TPSA) is 164 Å². The molecule has 1 saturated heterocycles. The summed E-state index contributed by atoms with van der Waals surface area (Å²) >= 11 is 0. The molecule has 0 radical (unpaired) electrons. The van der Waals surface area contributed by atoms with Gasteiger partial charge in [-0.15, -0.1) is 5.10 Å². The molecule has 2 N–H and O–H groups in total. The Bertz CT molecular complexity index is 1750. The van der Waals surface area contributed by atoms with Crippen molar-refractivity contribution < 1.29 is 33.7 Å². The number of aromatic nitrogens is 5. The maximum atomic E-state index is 15.9. The third-order valence-electron chi connectivity index (χ3n) is 7.26. The van der Waals surface area contributed by atoms with Crippen molar-refractivity contribution in [3.63, 3.8) is 0 Å². The van der Waals surface area contributed by atoms with Gasteiger partial charge in [-0.2, -0.15) is 4.68 Å². The molecular weight excluding hydrogens is 609 g/mol.